The van der Waals surface area contributed by atoms with Gasteiger partial charge in [0.25, 0.3) is 0 Å². The van der Waals surface area contributed by atoms with E-state index in [2.05, 4.69) is 0 Å². The molecule has 0 saturated heterocycles. The van der Waals surface area contributed by atoms with E-state index in [9.17, 15) is 23.8 Å². The molecule has 0 fully saturated rings. The topological polar surface area (TPSA) is 57.5 Å². The molecule has 2 aromatic rings. The minimum absolute atomic E-state index is 0.0781. The number of hydrogen-bond acceptors (Lipinski definition) is 2. The number of aromatic hydroxyl groups is 1. The SMILES string of the molecule is CC(C)(C)c1cc(-c2ccc(F)cc2F)cc(C(=O)O)c1O. The Hall–Kier alpha value is -2.43. The molecule has 0 amide bonds. The smallest absolute Gasteiger partial charge is 0.339 e. The molecule has 5 heteroatoms. The van der Waals surface area contributed by atoms with Crippen LogP contribution in [0.1, 0.15) is 36.7 Å². The fraction of sp³-hybridized carbons (Fsp3) is 0.235. The van der Waals surface area contributed by atoms with Gasteiger partial charge in [-0.2, -0.15) is 0 Å². The summed E-state index contributed by atoms with van der Waals surface area (Å²) in [5.41, 5.74) is -0.120. The number of aromatic carboxylic acids is 1. The van der Waals surface area contributed by atoms with Gasteiger partial charge in [-0.3, -0.25) is 0 Å². The molecule has 0 aliphatic heterocycles. The fourth-order valence-electron chi connectivity index (χ4n) is 2.25. The second kappa shape index (κ2) is 5.40. The number of carboxylic acid groups (broad SMARTS) is 1. The van der Waals surface area contributed by atoms with Crippen molar-refractivity contribution in [3.05, 3.63) is 53.1 Å². The average molecular weight is 306 g/mol. The predicted molar refractivity (Wildman–Crippen MR) is 79.1 cm³/mol. The largest absolute Gasteiger partial charge is 0.507 e. The van der Waals surface area contributed by atoms with Crippen molar-refractivity contribution in [2.24, 2.45) is 0 Å². The number of carboxylic acids is 1. The van der Waals surface area contributed by atoms with E-state index in [1.54, 1.807) is 20.8 Å². The summed E-state index contributed by atoms with van der Waals surface area (Å²) in [6.07, 6.45) is 0. The average Bonchev–Trinajstić information content (AvgIpc) is 2.37. The maximum absolute atomic E-state index is 13.9. The number of benzene rings is 2. The quantitative estimate of drug-likeness (QED) is 0.868. The van der Waals surface area contributed by atoms with Crippen molar-refractivity contribution in [1.82, 2.24) is 0 Å². The molecule has 0 aromatic heterocycles. The molecule has 2 N–H and O–H groups in total. The summed E-state index contributed by atoms with van der Waals surface area (Å²) in [6.45, 7) is 5.41. The zero-order valence-corrected chi connectivity index (χ0v) is 12.4. The van der Waals surface area contributed by atoms with Gasteiger partial charge in [-0.1, -0.05) is 20.8 Å². The van der Waals surface area contributed by atoms with Crippen LogP contribution in [0.25, 0.3) is 11.1 Å². The van der Waals surface area contributed by atoms with Crippen molar-refractivity contribution >= 4 is 5.97 Å². The van der Waals surface area contributed by atoms with E-state index in [4.69, 9.17) is 0 Å². The van der Waals surface area contributed by atoms with Crippen molar-refractivity contribution in [3.63, 3.8) is 0 Å². The monoisotopic (exact) mass is 306 g/mol. The van der Waals surface area contributed by atoms with Gasteiger partial charge >= 0.3 is 5.97 Å². The summed E-state index contributed by atoms with van der Waals surface area (Å²) in [5.74, 6) is -3.16. The van der Waals surface area contributed by atoms with Crippen molar-refractivity contribution in [3.8, 4) is 16.9 Å². The van der Waals surface area contributed by atoms with Crippen LogP contribution in [-0.2, 0) is 5.41 Å². The highest BCUT2D eigenvalue weighted by Crippen LogP contribution is 2.38. The van der Waals surface area contributed by atoms with Crippen LogP contribution >= 0.6 is 0 Å². The van der Waals surface area contributed by atoms with Gasteiger partial charge in [-0.25, -0.2) is 13.6 Å². The van der Waals surface area contributed by atoms with Gasteiger partial charge in [0, 0.05) is 17.2 Å². The van der Waals surface area contributed by atoms with Crippen molar-refractivity contribution in [1.29, 1.82) is 0 Å². The van der Waals surface area contributed by atoms with E-state index in [-0.39, 0.29) is 22.4 Å². The molecule has 2 rings (SSSR count). The molecule has 0 heterocycles. The second-order valence-corrected chi connectivity index (χ2v) is 6.10. The summed E-state index contributed by atoms with van der Waals surface area (Å²) in [4.78, 5) is 11.3. The Morgan fingerprint density at radius 2 is 1.73 bits per heavy atom. The van der Waals surface area contributed by atoms with Crippen LogP contribution in [0.3, 0.4) is 0 Å². The molecule has 0 atom stereocenters. The lowest BCUT2D eigenvalue weighted by atomic mass is 9.83. The molecule has 3 nitrogen and oxygen atoms in total. The predicted octanol–water partition coefficient (Wildman–Crippen LogP) is 4.33. The molecule has 116 valence electrons. The maximum atomic E-state index is 13.9. The Bertz CT molecular complexity index is 746. The molecular formula is C17H16F2O3. The van der Waals surface area contributed by atoms with Crippen molar-refractivity contribution < 1.29 is 23.8 Å². The van der Waals surface area contributed by atoms with E-state index >= 15 is 0 Å². The lowest BCUT2D eigenvalue weighted by Crippen LogP contribution is -2.13. The molecule has 22 heavy (non-hydrogen) atoms. The fourth-order valence-corrected chi connectivity index (χ4v) is 2.25. The molecule has 0 saturated carbocycles. The third-order valence-corrected chi connectivity index (χ3v) is 3.39. The number of halogens is 2. The first-order chi connectivity index (χ1) is 10.1. The van der Waals surface area contributed by atoms with Gasteiger partial charge in [-0.15, -0.1) is 0 Å². The minimum atomic E-state index is -1.31. The third-order valence-electron chi connectivity index (χ3n) is 3.39. The van der Waals surface area contributed by atoms with Gasteiger partial charge in [-0.05, 0) is 35.2 Å². The lowest BCUT2D eigenvalue weighted by Gasteiger charge is -2.22. The molecule has 0 aliphatic rings. The first-order valence-corrected chi connectivity index (χ1v) is 6.67. The van der Waals surface area contributed by atoms with Crippen LogP contribution < -0.4 is 0 Å². The second-order valence-electron chi connectivity index (χ2n) is 6.10. The molecule has 0 bridgehead atoms. The normalized spacial score (nSPS) is 11.5. The Balaban J connectivity index is 2.77. The van der Waals surface area contributed by atoms with Gasteiger partial charge < -0.3 is 10.2 Å². The summed E-state index contributed by atoms with van der Waals surface area (Å²) >= 11 is 0. The van der Waals surface area contributed by atoms with E-state index in [1.807, 2.05) is 0 Å². The highest BCUT2D eigenvalue weighted by Gasteiger charge is 2.24. The number of hydrogen-bond donors (Lipinski definition) is 2. The molecule has 0 spiro atoms. The highest BCUT2D eigenvalue weighted by atomic mass is 19.1. The number of phenols is 1. The van der Waals surface area contributed by atoms with Crippen molar-refractivity contribution in [2.45, 2.75) is 26.2 Å². The Morgan fingerprint density at radius 3 is 2.23 bits per heavy atom. The summed E-state index contributed by atoms with van der Waals surface area (Å²) in [5, 5.41) is 19.4. The van der Waals surface area contributed by atoms with E-state index in [0.29, 0.717) is 5.56 Å². The summed E-state index contributed by atoms with van der Waals surface area (Å²) < 4.78 is 27.0. The zero-order valence-electron chi connectivity index (χ0n) is 12.4. The molecular weight excluding hydrogens is 290 g/mol. The Labute approximate surface area is 126 Å². The van der Waals surface area contributed by atoms with Crippen molar-refractivity contribution in [2.75, 3.05) is 0 Å². The Kier molecular flexibility index (Phi) is 3.92. The first-order valence-electron chi connectivity index (χ1n) is 6.67. The minimum Gasteiger partial charge on any atom is -0.507 e. The van der Waals surface area contributed by atoms with E-state index in [0.717, 1.165) is 12.1 Å². The summed E-state index contributed by atoms with van der Waals surface area (Å²) in [6, 6.07) is 5.79. The standard InChI is InChI=1S/C17H16F2O3/c1-17(2,3)13-7-9(6-12(15(13)20)16(21)22)11-5-4-10(18)8-14(11)19/h4-8,20H,1-3H3,(H,21,22). The first kappa shape index (κ1) is 15.9. The third kappa shape index (κ3) is 2.93. The molecule has 0 unspecified atom stereocenters. The Morgan fingerprint density at radius 1 is 1.09 bits per heavy atom. The van der Waals surface area contributed by atoms with Crippen LogP contribution in [0.4, 0.5) is 8.78 Å². The highest BCUT2D eigenvalue weighted by molar-refractivity contribution is 5.93. The van der Waals surface area contributed by atoms with Crippen LogP contribution in [0.15, 0.2) is 30.3 Å². The maximum Gasteiger partial charge on any atom is 0.339 e. The van der Waals surface area contributed by atoms with Gasteiger partial charge in [0.2, 0.25) is 0 Å². The van der Waals surface area contributed by atoms with Crippen LogP contribution in [-0.4, -0.2) is 16.2 Å². The zero-order chi connectivity index (χ0) is 16.7. The van der Waals surface area contributed by atoms with Gasteiger partial charge in [0.05, 0.1) is 0 Å². The lowest BCUT2D eigenvalue weighted by molar-refractivity contribution is 0.0693. The molecule has 2 aromatic carbocycles. The van der Waals surface area contributed by atoms with Gasteiger partial charge in [0.15, 0.2) is 0 Å². The summed E-state index contributed by atoms with van der Waals surface area (Å²) in [7, 11) is 0. The molecule has 0 aliphatic carbocycles. The van der Waals surface area contributed by atoms with Crippen LogP contribution in [0.2, 0.25) is 0 Å². The van der Waals surface area contributed by atoms with Crippen LogP contribution in [0.5, 0.6) is 5.75 Å². The molecule has 0 radical (unpaired) electrons. The number of rotatable bonds is 2. The van der Waals surface area contributed by atoms with E-state index < -0.39 is 23.0 Å². The van der Waals surface area contributed by atoms with Crippen LogP contribution in [0, 0.1) is 11.6 Å². The van der Waals surface area contributed by atoms with E-state index in [1.165, 1.54) is 18.2 Å². The number of carbonyl (C=O) groups is 1. The van der Waals surface area contributed by atoms with Gasteiger partial charge in [0.1, 0.15) is 22.9 Å².